The number of hydrogen-bond donors (Lipinski definition) is 0. The van der Waals surface area contributed by atoms with E-state index in [-0.39, 0.29) is 0 Å². The molecule has 1 aliphatic heterocycles. The van der Waals surface area contributed by atoms with Gasteiger partial charge in [0.1, 0.15) is 17.3 Å². The Bertz CT molecular complexity index is 576. The van der Waals surface area contributed by atoms with Crippen molar-refractivity contribution < 1.29 is 4.74 Å². The van der Waals surface area contributed by atoms with Crippen LogP contribution >= 0.6 is 11.8 Å². The van der Waals surface area contributed by atoms with Gasteiger partial charge in [0.15, 0.2) is 4.90 Å². The minimum Gasteiger partial charge on any atom is -0.493 e. The first-order chi connectivity index (χ1) is 9.90. The fraction of sp³-hybridized carbons (Fsp3) is 0.412. The van der Waals surface area contributed by atoms with Gasteiger partial charge in [-0.2, -0.15) is 11.8 Å². The molecule has 1 heterocycles. The predicted molar refractivity (Wildman–Crippen MR) is 92.4 cm³/mol. The van der Waals surface area contributed by atoms with Crippen LogP contribution in [-0.4, -0.2) is 29.6 Å². The Hall–Kier alpha value is -0.800. The van der Waals surface area contributed by atoms with E-state index in [1.54, 1.807) is 4.90 Å². The van der Waals surface area contributed by atoms with E-state index in [2.05, 4.69) is 55.1 Å². The van der Waals surface area contributed by atoms with E-state index in [4.69, 9.17) is 4.74 Å². The van der Waals surface area contributed by atoms with E-state index in [1.807, 2.05) is 0 Å². The number of ether oxygens (including phenoxy) is 1. The minimum atomic E-state index is 0.427. The first-order valence-corrected chi connectivity index (χ1v) is 10.0. The van der Waals surface area contributed by atoms with Crippen molar-refractivity contribution in [1.29, 1.82) is 0 Å². The molecule has 106 valence electrons. The summed E-state index contributed by atoms with van der Waals surface area (Å²) in [7, 11) is 0.427. The largest absolute Gasteiger partial charge is 0.493 e. The summed E-state index contributed by atoms with van der Waals surface area (Å²) in [6.07, 6.45) is 1.05. The second-order valence-electron chi connectivity index (χ2n) is 4.97. The Morgan fingerprint density at radius 3 is 2.55 bits per heavy atom. The van der Waals surface area contributed by atoms with Crippen molar-refractivity contribution in [2.24, 2.45) is 0 Å². The SMILES string of the molecule is CCCOc1ccc([S+]2CCSCC2)c2ccccc12. The Morgan fingerprint density at radius 2 is 1.80 bits per heavy atom. The van der Waals surface area contributed by atoms with Gasteiger partial charge in [-0.25, -0.2) is 0 Å². The molecule has 2 aromatic carbocycles. The Labute approximate surface area is 128 Å². The molecule has 0 spiro atoms. The van der Waals surface area contributed by atoms with Gasteiger partial charge in [0.25, 0.3) is 0 Å². The quantitative estimate of drug-likeness (QED) is 0.777. The maximum atomic E-state index is 5.91. The molecule has 3 heteroatoms. The van der Waals surface area contributed by atoms with Crippen LogP contribution in [0.1, 0.15) is 13.3 Å². The molecule has 3 rings (SSSR count). The number of fused-ring (bicyclic) bond motifs is 1. The molecule has 0 atom stereocenters. The van der Waals surface area contributed by atoms with E-state index in [0.717, 1.165) is 18.8 Å². The predicted octanol–water partition coefficient (Wildman–Crippen LogP) is 4.35. The Morgan fingerprint density at radius 1 is 1.05 bits per heavy atom. The first kappa shape index (κ1) is 14.2. The van der Waals surface area contributed by atoms with Crippen LogP contribution in [0.4, 0.5) is 0 Å². The molecule has 0 amide bonds. The lowest BCUT2D eigenvalue weighted by atomic mass is 10.1. The number of hydrogen-bond acceptors (Lipinski definition) is 2. The average Bonchev–Trinajstić information content (AvgIpc) is 2.53. The van der Waals surface area contributed by atoms with Crippen molar-refractivity contribution in [2.75, 3.05) is 29.6 Å². The summed E-state index contributed by atoms with van der Waals surface area (Å²) >= 11 is 2.10. The Balaban J connectivity index is 2.01. The molecule has 20 heavy (non-hydrogen) atoms. The molecule has 0 unspecified atom stereocenters. The zero-order chi connectivity index (χ0) is 13.8. The summed E-state index contributed by atoms with van der Waals surface area (Å²) in [4.78, 5) is 1.55. The summed E-state index contributed by atoms with van der Waals surface area (Å²) in [5, 5.41) is 2.68. The molecule has 0 radical (unpaired) electrons. The molecule has 0 bridgehead atoms. The molecule has 2 aromatic rings. The lowest BCUT2D eigenvalue weighted by Crippen LogP contribution is -2.21. The standard InChI is InChI=1S/C17H21OS2/c1-2-9-18-16-7-8-17(20-12-10-19-11-13-20)15-6-4-3-5-14(15)16/h3-8H,2,9-13H2,1H3/q+1. The van der Waals surface area contributed by atoms with Gasteiger partial charge in [-0.05, 0) is 24.6 Å². The van der Waals surface area contributed by atoms with Crippen LogP contribution in [0, 0.1) is 0 Å². The summed E-state index contributed by atoms with van der Waals surface area (Å²) in [5.41, 5.74) is 0. The lowest BCUT2D eigenvalue weighted by Gasteiger charge is -2.16. The third kappa shape index (κ3) is 2.94. The van der Waals surface area contributed by atoms with Crippen molar-refractivity contribution in [3.63, 3.8) is 0 Å². The van der Waals surface area contributed by atoms with Crippen molar-refractivity contribution >= 4 is 33.4 Å². The van der Waals surface area contributed by atoms with Crippen LogP contribution in [0.5, 0.6) is 5.75 Å². The van der Waals surface area contributed by atoms with Gasteiger partial charge in [0.2, 0.25) is 0 Å². The fourth-order valence-electron chi connectivity index (χ4n) is 2.58. The van der Waals surface area contributed by atoms with Gasteiger partial charge in [-0.1, -0.05) is 25.1 Å². The van der Waals surface area contributed by atoms with Crippen LogP contribution in [0.3, 0.4) is 0 Å². The highest BCUT2D eigenvalue weighted by Crippen LogP contribution is 2.34. The van der Waals surface area contributed by atoms with Crippen molar-refractivity contribution in [3.8, 4) is 5.75 Å². The second kappa shape index (κ2) is 6.77. The minimum absolute atomic E-state index is 0.427. The molecule has 0 aliphatic carbocycles. The van der Waals surface area contributed by atoms with Crippen LogP contribution in [0.25, 0.3) is 10.8 Å². The smallest absolute Gasteiger partial charge is 0.163 e. The van der Waals surface area contributed by atoms with Gasteiger partial charge < -0.3 is 4.74 Å². The van der Waals surface area contributed by atoms with E-state index < -0.39 is 0 Å². The molecule has 0 aromatic heterocycles. The van der Waals surface area contributed by atoms with E-state index in [0.29, 0.717) is 10.9 Å². The molecule has 1 saturated heterocycles. The maximum absolute atomic E-state index is 5.91. The zero-order valence-corrected chi connectivity index (χ0v) is 13.6. The van der Waals surface area contributed by atoms with E-state index in [9.17, 15) is 0 Å². The molecule has 1 aliphatic rings. The number of thioether (sulfide) groups is 1. The van der Waals surface area contributed by atoms with Gasteiger partial charge >= 0.3 is 0 Å². The third-order valence-corrected chi connectivity index (χ3v) is 7.44. The summed E-state index contributed by atoms with van der Waals surface area (Å²) in [6.45, 7) is 2.95. The van der Waals surface area contributed by atoms with Gasteiger partial charge in [-0.15, -0.1) is 0 Å². The number of rotatable bonds is 4. The summed E-state index contributed by atoms with van der Waals surface area (Å²) in [5.74, 6) is 6.34. The van der Waals surface area contributed by atoms with Crippen molar-refractivity contribution in [3.05, 3.63) is 36.4 Å². The van der Waals surface area contributed by atoms with Crippen LogP contribution in [0.15, 0.2) is 41.3 Å². The molecule has 0 saturated carbocycles. The highest BCUT2D eigenvalue weighted by atomic mass is 32.2. The van der Waals surface area contributed by atoms with Gasteiger partial charge in [-0.3, -0.25) is 0 Å². The molecular weight excluding hydrogens is 284 g/mol. The third-order valence-electron chi connectivity index (χ3n) is 3.56. The lowest BCUT2D eigenvalue weighted by molar-refractivity contribution is 0.321. The highest BCUT2D eigenvalue weighted by molar-refractivity contribution is 8.05. The van der Waals surface area contributed by atoms with Gasteiger partial charge in [0, 0.05) is 33.2 Å². The zero-order valence-electron chi connectivity index (χ0n) is 11.9. The fourth-order valence-corrected chi connectivity index (χ4v) is 6.73. The van der Waals surface area contributed by atoms with Gasteiger partial charge in [0.05, 0.1) is 6.61 Å². The van der Waals surface area contributed by atoms with Crippen LogP contribution < -0.4 is 4.74 Å². The molecule has 1 fully saturated rings. The monoisotopic (exact) mass is 305 g/mol. The number of benzene rings is 2. The molecular formula is C17H21OS2+. The van der Waals surface area contributed by atoms with Crippen LogP contribution in [-0.2, 0) is 10.9 Å². The summed E-state index contributed by atoms with van der Waals surface area (Å²) < 4.78 is 5.91. The maximum Gasteiger partial charge on any atom is 0.163 e. The Kier molecular flexibility index (Phi) is 4.79. The van der Waals surface area contributed by atoms with Crippen LogP contribution in [0.2, 0.25) is 0 Å². The summed E-state index contributed by atoms with van der Waals surface area (Å²) in [6, 6.07) is 13.2. The van der Waals surface area contributed by atoms with E-state index >= 15 is 0 Å². The van der Waals surface area contributed by atoms with E-state index in [1.165, 1.54) is 33.8 Å². The van der Waals surface area contributed by atoms with Crippen molar-refractivity contribution in [2.45, 2.75) is 18.2 Å². The molecule has 1 nitrogen and oxygen atoms in total. The first-order valence-electron chi connectivity index (χ1n) is 7.30. The normalized spacial score (nSPS) is 16.4. The second-order valence-corrected chi connectivity index (χ2v) is 8.44. The highest BCUT2D eigenvalue weighted by Gasteiger charge is 2.27. The average molecular weight is 305 g/mol. The van der Waals surface area contributed by atoms with Crippen molar-refractivity contribution in [1.82, 2.24) is 0 Å². The molecule has 0 N–H and O–H groups in total. The topological polar surface area (TPSA) is 9.23 Å².